The van der Waals surface area contributed by atoms with E-state index in [1.165, 1.54) is 0 Å². The minimum Gasteiger partial charge on any atom is -0.355 e. The van der Waals surface area contributed by atoms with Crippen molar-refractivity contribution in [1.82, 2.24) is 10.6 Å². The van der Waals surface area contributed by atoms with E-state index in [9.17, 15) is 9.00 Å². The first-order chi connectivity index (χ1) is 5.66. The molecule has 1 amide bonds. The zero-order valence-electron chi connectivity index (χ0n) is 7.55. The predicted octanol–water partition coefficient (Wildman–Crippen LogP) is -0.909. The topological polar surface area (TPSA) is 58.2 Å². The summed E-state index contributed by atoms with van der Waals surface area (Å²) in [6.45, 7) is 1.19. The summed E-state index contributed by atoms with van der Waals surface area (Å²) in [5.41, 5.74) is 0. The van der Waals surface area contributed by atoms with Gasteiger partial charge in [-0.05, 0) is 7.05 Å². The molecular formula is C7H16N2O2S. The molecule has 4 nitrogen and oxygen atoms in total. The molecule has 0 rings (SSSR count). The molecule has 0 bridgehead atoms. The van der Waals surface area contributed by atoms with Crippen LogP contribution in [0.1, 0.15) is 6.42 Å². The molecule has 12 heavy (non-hydrogen) atoms. The lowest BCUT2D eigenvalue weighted by molar-refractivity contribution is -0.120. The highest BCUT2D eigenvalue weighted by Crippen LogP contribution is 1.77. The van der Waals surface area contributed by atoms with Crippen LogP contribution < -0.4 is 10.6 Å². The van der Waals surface area contributed by atoms with E-state index in [0.29, 0.717) is 25.3 Å². The van der Waals surface area contributed by atoms with Crippen molar-refractivity contribution in [2.75, 3.05) is 32.1 Å². The Morgan fingerprint density at radius 3 is 2.58 bits per heavy atom. The maximum atomic E-state index is 10.9. The fourth-order valence-corrected chi connectivity index (χ4v) is 1.05. The van der Waals surface area contributed by atoms with Gasteiger partial charge in [0.25, 0.3) is 0 Å². The SMILES string of the molecule is CNCCC(=O)NCCS(C)=O. The summed E-state index contributed by atoms with van der Waals surface area (Å²) in [6, 6.07) is 0. The summed E-state index contributed by atoms with van der Waals surface area (Å²) < 4.78 is 10.6. The molecule has 5 heteroatoms. The molecule has 0 saturated carbocycles. The van der Waals surface area contributed by atoms with Crippen LogP contribution in [0.15, 0.2) is 0 Å². The van der Waals surface area contributed by atoms with Crippen LogP contribution in [0.4, 0.5) is 0 Å². The molecule has 0 aromatic heterocycles. The van der Waals surface area contributed by atoms with E-state index in [1.54, 1.807) is 13.3 Å². The Morgan fingerprint density at radius 2 is 2.08 bits per heavy atom. The Balaban J connectivity index is 3.25. The molecule has 1 atom stereocenters. The Bertz CT molecular complexity index is 161. The zero-order chi connectivity index (χ0) is 9.40. The van der Waals surface area contributed by atoms with Crippen LogP contribution in [-0.2, 0) is 15.6 Å². The van der Waals surface area contributed by atoms with Crippen LogP contribution in [-0.4, -0.2) is 42.3 Å². The van der Waals surface area contributed by atoms with E-state index < -0.39 is 10.8 Å². The molecule has 0 saturated heterocycles. The molecule has 0 radical (unpaired) electrons. The highest BCUT2D eigenvalue weighted by Gasteiger charge is 1.98. The third-order valence-corrected chi connectivity index (χ3v) is 2.09. The highest BCUT2D eigenvalue weighted by atomic mass is 32.2. The van der Waals surface area contributed by atoms with Gasteiger partial charge in [0.15, 0.2) is 0 Å². The van der Waals surface area contributed by atoms with Crippen molar-refractivity contribution in [3.05, 3.63) is 0 Å². The monoisotopic (exact) mass is 192 g/mol. The fourth-order valence-electron chi connectivity index (χ4n) is 0.661. The van der Waals surface area contributed by atoms with Crippen LogP contribution in [0, 0.1) is 0 Å². The van der Waals surface area contributed by atoms with Crippen molar-refractivity contribution in [1.29, 1.82) is 0 Å². The minimum absolute atomic E-state index is 0.00907. The highest BCUT2D eigenvalue weighted by molar-refractivity contribution is 7.84. The Labute approximate surface area is 75.6 Å². The van der Waals surface area contributed by atoms with E-state index in [2.05, 4.69) is 10.6 Å². The lowest BCUT2D eigenvalue weighted by Crippen LogP contribution is -2.29. The van der Waals surface area contributed by atoms with E-state index in [1.807, 2.05) is 0 Å². The summed E-state index contributed by atoms with van der Waals surface area (Å²) in [4.78, 5) is 10.9. The lowest BCUT2D eigenvalue weighted by Gasteiger charge is -2.02. The molecule has 0 fully saturated rings. The third kappa shape index (κ3) is 7.68. The van der Waals surface area contributed by atoms with Gasteiger partial charge < -0.3 is 10.6 Å². The number of carbonyl (C=O) groups is 1. The first kappa shape index (κ1) is 11.6. The summed E-state index contributed by atoms with van der Waals surface area (Å²) in [6.07, 6.45) is 2.10. The van der Waals surface area contributed by atoms with Gasteiger partial charge in [-0.15, -0.1) is 0 Å². The van der Waals surface area contributed by atoms with E-state index in [-0.39, 0.29) is 5.91 Å². The Kier molecular flexibility index (Phi) is 6.99. The molecule has 0 aromatic carbocycles. The molecule has 0 aliphatic carbocycles. The van der Waals surface area contributed by atoms with Crippen molar-refractivity contribution in [2.24, 2.45) is 0 Å². The number of nitrogens with one attached hydrogen (secondary N) is 2. The molecule has 0 heterocycles. The molecule has 72 valence electrons. The number of rotatable bonds is 6. The van der Waals surface area contributed by atoms with Gasteiger partial charge in [0.1, 0.15) is 0 Å². The van der Waals surface area contributed by atoms with Gasteiger partial charge in [0, 0.05) is 42.3 Å². The second kappa shape index (κ2) is 7.24. The number of hydrogen-bond acceptors (Lipinski definition) is 3. The molecule has 1 unspecified atom stereocenters. The second-order valence-electron chi connectivity index (χ2n) is 2.48. The van der Waals surface area contributed by atoms with Gasteiger partial charge in [-0.25, -0.2) is 0 Å². The number of amides is 1. The van der Waals surface area contributed by atoms with E-state index in [0.717, 1.165) is 0 Å². The first-order valence-electron chi connectivity index (χ1n) is 3.88. The van der Waals surface area contributed by atoms with Crippen molar-refractivity contribution in [3.8, 4) is 0 Å². The zero-order valence-corrected chi connectivity index (χ0v) is 8.37. The van der Waals surface area contributed by atoms with E-state index >= 15 is 0 Å². The normalized spacial score (nSPS) is 12.5. The van der Waals surface area contributed by atoms with Crippen molar-refractivity contribution in [3.63, 3.8) is 0 Å². The van der Waals surface area contributed by atoms with Crippen molar-refractivity contribution in [2.45, 2.75) is 6.42 Å². The van der Waals surface area contributed by atoms with E-state index in [4.69, 9.17) is 0 Å². The standard InChI is InChI=1S/C7H16N2O2S/c1-8-4-3-7(10)9-5-6-12(2)11/h8H,3-6H2,1-2H3,(H,9,10). The maximum Gasteiger partial charge on any atom is 0.221 e. The van der Waals surface area contributed by atoms with Crippen molar-refractivity contribution < 1.29 is 9.00 Å². The predicted molar refractivity (Wildman–Crippen MR) is 50.5 cm³/mol. The summed E-state index contributed by atoms with van der Waals surface area (Å²) in [5, 5.41) is 5.55. The average Bonchev–Trinajstić information content (AvgIpc) is 2.00. The fraction of sp³-hybridized carbons (Fsp3) is 0.857. The molecule has 0 aliphatic heterocycles. The van der Waals surface area contributed by atoms with Crippen LogP contribution in [0.2, 0.25) is 0 Å². The Hall–Kier alpha value is -0.420. The van der Waals surface area contributed by atoms with Crippen LogP contribution >= 0.6 is 0 Å². The summed E-state index contributed by atoms with van der Waals surface area (Å²) in [7, 11) is 0.982. The molecule has 0 spiro atoms. The van der Waals surface area contributed by atoms with Crippen LogP contribution in [0.25, 0.3) is 0 Å². The third-order valence-electron chi connectivity index (χ3n) is 1.31. The number of carbonyl (C=O) groups excluding carboxylic acids is 1. The average molecular weight is 192 g/mol. The lowest BCUT2D eigenvalue weighted by atomic mass is 10.4. The number of hydrogen-bond donors (Lipinski definition) is 2. The van der Waals surface area contributed by atoms with Gasteiger partial charge >= 0.3 is 0 Å². The molecule has 2 N–H and O–H groups in total. The molecule has 0 aliphatic rings. The van der Waals surface area contributed by atoms with Crippen LogP contribution in [0.5, 0.6) is 0 Å². The second-order valence-corrected chi connectivity index (χ2v) is 4.04. The maximum absolute atomic E-state index is 10.9. The van der Waals surface area contributed by atoms with Gasteiger partial charge in [-0.1, -0.05) is 0 Å². The minimum atomic E-state index is -0.818. The van der Waals surface area contributed by atoms with Crippen LogP contribution in [0.3, 0.4) is 0 Å². The molecule has 0 aromatic rings. The summed E-state index contributed by atoms with van der Waals surface area (Å²) >= 11 is 0. The van der Waals surface area contributed by atoms with Gasteiger partial charge in [0.05, 0.1) is 0 Å². The van der Waals surface area contributed by atoms with Gasteiger partial charge in [-0.2, -0.15) is 0 Å². The molecular weight excluding hydrogens is 176 g/mol. The summed E-state index contributed by atoms with van der Waals surface area (Å²) in [5.74, 6) is 0.542. The first-order valence-corrected chi connectivity index (χ1v) is 5.61. The Morgan fingerprint density at radius 1 is 1.42 bits per heavy atom. The largest absolute Gasteiger partial charge is 0.355 e. The van der Waals surface area contributed by atoms with Gasteiger partial charge in [0.2, 0.25) is 5.91 Å². The van der Waals surface area contributed by atoms with Crippen molar-refractivity contribution >= 4 is 16.7 Å². The van der Waals surface area contributed by atoms with Gasteiger partial charge in [-0.3, -0.25) is 9.00 Å². The smallest absolute Gasteiger partial charge is 0.221 e. The quantitative estimate of drug-likeness (QED) is 0.573.